The van der Waals surface area contributed by atoms with E-state index in [1.165, 1.54) is 24.2 Å². The van der Waals surface area contributed by atoms with Crippen LogP contribution in [0.5, 0.6) is 11.5 Å². The predicted octanol–water partition coefficient (Wildman–Crippen LogP) is 3.68. The minimum absolute atomic E-state index is 0.0622. The third-order valence-electron chi connectivity index (χ3n) is 5.25. The number of amides is 1. The van der Waals surface area contributed by atoms with Gasteiger partial charge >= 0.3 is 0 Å². The van der Waals surface area contributed by atoms with Gasteiger partial charge in [0.1, 0.15) is 10.8 Å². The van der Waals surface area contributed by atoms with Crippen molar-refractivity contribution in [3.8, 4) is 22.1 Å². The summed E-state index contributed by atoms with van der Waals surface area (Å²) in [7, 11) is 3.21. The summed E-state index contributed by atoms with van der Waals surface area (Å²) < 4.78 is 10.6. The van der Waals surface area contributed by atoms with Crippen molar-refractivity contribution < 1.29 is 14.3 Å². The van der Waals surface area contributed by atoms with E-state index >= 15 is 0 Å². The maximum atomic E-state index is 12.4. The molecule has 1 saturated heterocycles. The van der Waals surface area contributed by atoms with Crippen LogP contribution in [-0.4, -0.2) is 43.2 Å². The van der Waals surface area contributed by atoms with E-state index < -0.39 is 0 Å². The number of ether oxygens (including phenoxy) is 2. The van der Waals surface area contributed by atoms with Crippen molar-refractivity contribution in [3.63, 3.8) is 0 Å². The zero-order chi connectivity index (χ0) is 21.6. The third kappa shape index (κ3) is 5.14. The van der Waals surface area contributed by atoms with Crippen LogP contribution in [0.25, 0.3) is 10.6 Å². The van der Waals surface area contributed by atoms with E-state index in [1.807, 2.05) is 41.9 Å². The van der Waals surface area contributed by atoms with E-state index in [0.717, 1.165) is 40.7 Å². The molecule has 0 spiro atoms. The van der Waals surface area contributed by atoms with Gasteiger partial charge in [-0.2, -0.15) is 0 Å². The molecule has 31 heavy (non-hydrogen) atoms. The van der Waals surface area contributed by atoms with E-state index in [9.17, 15) is 4.79 Å². The first-order valence-corrected chi connectivity index (χ1v) is 11.2. The molecular weight excluding hydrogens is 412 g/mol. The second kappa shape index (κ2) is 9.78. The molecule has 0 radical (unpaired) electrons. The largest absolute Gasteiger partial charge is 0.493 e. The minimum atomic E-state index is -0.0622. The zero-order valence-electron chi connectivity index (χ0n) is 17.8. The van der Waals surface area contributed by atoms with Crippen LogP contribution >= 0.6 is 11.3 Å². The number of hydrogen-bond acceptors (Lipinski definition) is 7. The SMILES string of the molecule is COc1ccc(-c2nc(CC(=O)NCc3ccc(N4CCCC4)nc3)cs2)cc1OC. The standard InChI is InChI=1S/C23H26N4O3S/c1-29-19-7-6-17(11-20(19)30-2)23-26-18(15-31-23)12-22(28)25-14-16-5-8-21(24-13-16)27-9-3-4-10-27/h5-8,11,13,15H,3-4,9-10,12,14H2,1-2H3,(H,25,28). The molecule has 1 fully saturated rings. The van der Waals surface area contributed by atoms with Crippen molar-refractivity contribution in [2.24, 2.45) is 0 Å². The van der Waals surface area contributed by atoms with Gasteiger partial charge in [-0.3, -0.25) is 4.79 Å². The van der Waals surface area contributed by atoms with E-state index in [2.05, 4.69) is 20.2 Å². The van der Waals surface area contributed by atoms with Gasteiger partial charge < -0.3 is 19.7 Å². The molecule has 1 aliphatic rings. The summed E-state index contributed by atoms with van der Waals surface area (Å²) in [6, 6.07) is 9.73. The Balaban J connectivity index is 1.32. The molecule has 8 heteroatoms. The molecule has 2 aromatic heterocycles. The van der Waals surface area contributed by atoms with Crippen LogP contribution in [0.2, 0.25) is 0 Å². The van der Waals surface area contributed by atoms with Gasteiger partial charge in [0, 0.05) is 36.8 Å². The van der Waals surface area contributed by atoms with Crippen LogP contribution < -0.4 is 19.7 Å². The number of rotatable bonds is 8. The predicted molar refractivity (Wildman–Crippen MR) is 122 cm³/mol. The molecule has 3 heterocycles. The Bertz CT molecular complexity index is 1030. The molecule has 1 amide bonds. The Kier molecular flexibility index (Phi) is 6.66. The molecule has 3 aromatic rings. The molecule has 0 saturated carbocycles. The normalized spacial score (nSPS) is 13.3. The Morgan fingerprint density at radius 3 is 2.65 bits per heavy atom. The maximum absolute atomic E-state index is 12.4. The molecule has 4 rings (SSSR count). The number of methoxy groups -OCH3 is 2. The monoisotopic (exact) mass is 438 g/mol. The lowest BCUT2D eigenvalue weighted by atomic mass is 10.2. The maximum Gasteiger partial charge on any atom is 0.226 e. The number of carbonyl (C=O) groups is 1. The highest BCUT2D eigenvalue weighted by molar-refractivity contribution is 7.13. The smallest absolute Gasteiger partial charge is 0.226 e. The molecule has 7 nitrogen and oxygen atoms in total. The highest BCUT2D eigenvalue weighted by Crippen LogP contribution is 2.33. The van der Waals surface area contributed by atoms with Gasteiger partial charge in [-0.15, -0.1) is 11.3 Å². The van der Waals surface area contributed by atoms with Crippen LogP contribution in [0.1, 0.15) is 24.1 Å². The summed E-state index contributed by atoms with van der Waals surface area (Å²) >= 11 is 1.50. The number of thiazole rings is 1. The fourth-order valence-corrected chi connectivity index (χ4v) is 4.39. The number of nitrogens with zero attached hydrogens (tertiary/aromatic N) is 3. The molecule has 0 unspecified atom stereocenters. The summed E-state index contributed by atoms with van der Waals surface area (Å²) in [5, 5.41) is 5.71. The molecule has 162 valence electrons. The van der Waals surface area contributed by atoms with E-state index in [0.29, 0.717) is 18.0 Å². The zero-order valence-corrected chi connectivity index (χ0v) is 18.6. The molecule has 0 bridgehead atoms. The number of aromatic nitrogens is 2. The number of benzene rings is 1. The van der Waals surface area contributed by atoms with E-state index in [4.69, 9.17) is 9.47 Å². The lowest BCUT2D eigenvalue weighted by Crippen LogP contribution is -2.25. The highest BCUT2D eigenvalue weighted by Gasteiger charge is 2.14. The molecule has 1 aliphatic heterocycles. The van der Waals surface area contributed by atoms with Gasteiger partial charge in [-0.1, -0.05) is 6.07 Å². The van der Waals surface area contributed by atoms with Crippen LogP contribution in [0, 0.1) is 0 Å². The Morgan fingerprint density at radius 1 is 1.13 bits per heavy atom. The third-order valence-corrected chi connectivity index (χ3v) is 6.19. The van der Waals surface area contributed by atoms with Gasteiger partial charge in [0.15, 0.2) is 11.5 Å². The first-order chi connectivity index (χ1) is 15.2. The quantitative estimate of drug-likeness (QED) is 0.578. The summed E-state index contributed by atoms with van der Waals surface area (Å²) in [5.74, 6) is 2.27. The molecule has 0 atom stereocenters. The van der Waals surface area contributed by atoms with Crippen LogP contribution in [-0.2, 0) is 17.8 Å². The Hall–Kier alpha value is -3.13. The van der Waals surface area contributed by atoms with Crippen molar-refractivity contribution in [2.75, 3.05) is 32.2 Å². The van der Waals surface area contributed by atoms with Crippen molar-refractivity contribution in [2.45, 2.75) is 25.8 Å². The minimum Gasteiger partial charge on any atom is -0.493 e. The molecular formula is C23H26N4O3S. The van der Waals surface area contributed by atoms with Crippen LogP contribution in [0.15, 0.2) is 41.9 Å². The van der Waals surface area contributed by atoms with Gasteiger partial charge in [-0.25, -0.2) is 9.97 Å². The lowest BCUT2D eigenvalue weighted by Gasteiger charge is -2.16. The van der Waals surface area contributed by atoms with Gasteiger partial charge in [0.25, 0.3) is 0 Å². The lowest BCUT2D eigenvalue weighted by molar-refractivity contribution is -0.120. The fourth-order valence-electron chi connectivity index (χ4n) is 3.57. The van der Waals surface area contributed by atoms with E-state index in [-0.39, 0.29) is 12.3 Å². The number of hydrogen-bond donors (Lipinski definition) is 1. The van der Waals surface area contributed by atoms with Crippen molar-refractivity contribution in [3.05, 3.63) is 53.2 Å². The number of nitrogens with one attached hydrogen (secondary N) is 1. The second-order valence-corrected chi connectivity index (χ2v) is 8.24. The summed E-state index contributed by atoms with van der Waals surface area (Å²) in [4.78, 5) is 23.8. The average molecular weight is 439 g/mol. The Labute approximate surface area is 186 Å². The number of pyridine rings is 1. The second-order valence-electron chi connectivity index (χ2n) is 7.39. The van der Waals surface area contributed by atoms with E-state index in [1.54, 1.807) is 14.2 Å². The first-order valence-electron chi connectivity index (χ1n) is 10.3. The van der Waals surface area contributed by atoms with Crippen LogP contribution in [0.3, 0.4) is 0 Å². The fraction of sp³-hybridized carbons (Fsp3) is 0.348. The van der Waals surface area contributed by atoms with Crippen LogP contribution in [0.4, 0.5) is 5.82 Å². The van der Waals surface area contributed by atoms with Crippen molar-refractivity contribution >= 4 is 23.1 Å². The highest BCUT2D eigenvalue weighted by atomic mass is 32.1. The number of carbonyl (C=O) groups excluding carboxylic acids is 1. The summed E-state index contributed by atoms with van der Waals surface area (Å²) in [6.07, 6.45) is 4.53. The van der Waals surface area contributed by atoms with Crippen molar-refractivity contribution in [1.29, 1.82) is 0 Å². The summed E-state index contributed by atoms with van der Waals surface area (Å²) in [6.45, 7) is 2.60. The molecule has 1 aromatic carbocycles. The number of anilines is 1. The molecule has 0 aliphatic carbocycles. The Morgan fingerprint density at radius 2 is 1.94 bits per heavy atom. The molecule has 1 N–H and O–H groups in total. The first kappa shape index (κ1) is 21.1. The summed E-state index contributed by atoms with van der Waals surface area (Å²) in [5.41, 5.74) is 2.66. The average Bonchev–Trinajstić information content (AvgIpc) is 3.50. The van der Waals surface area contributed by atoms with Gasteiger partial charge in [0.05, 0.1) is 26.3 Å². The topological polar surface area (TPSA) is 76.6 Å². The van der Waals surface area contributed by atoms with Gasteiger partial charge in [-0.05, 0) is 42.7 Å². The van der Waals surface area contributed by atoms with Gasteiger partial charge in [0.2, 0.25) is 5.91 Å². The van der Waals surface area contributed by atoms with Crippen molar-refractivity contribution in [1.82, 2.24) is 15.3 Å².